The number of hydrogen-bond donors (Lipinski definition) is 1. The van der Waals surface area contributed by atoms with Gasteiger partial charge in [0.2, 0.25) is 0 Å². The summed E-state index contributed by atoms with van der Waals surface area (Å²) in [6.07, 6.45) is 1.01. The summed E-state index contributed by atoms with van der Waals surface area (Å²) in [4.78, 5) is 2.49. The number of hydrogen-bond acceptors (Lipinski definition) is 2. The number of aryl methyl sites for hydroxylation is 2. The summed E-state index contributed by atoms with van der Waals surface area (Å²) >= 11 is 0. The maximum Gasteiger partial charge on any atom is 0.0307 e. The van der Waals surface area contributed by atoms with Gasteiger partial charge in [0.05, 0.1) is 0 Å². The molecule has 0 saturated heterocycles. The number of benzene rings is 2. The first-order valence-corrected chi connectivity index (χ1v) is 7.75. The lowest BCUT2D eigenvalue weighted by molar-refractivity contribution is 0.272. The second-order valence-corrected chi connectivity index (χ2v) is 6.30. The van der Waals surface area contributed by atoms with Crippen LogP contribution in [0.4, 0.5) is 0 Å². The first-order valence-electron chi connectivity index (χ1n) is 7.75. The topological polar surface area (TPSA) is 29.3 Å². The molecule has 2 aromatic rings. The Balaban J connectivity index is 1.59. The highest BCUT2D eigenvalue weighted by Crippen LogP contribution is 2.24. The van der Waals surface area contributed by atoms with Crippen molar-refractivity contribution in [3.63, 3.8) is 0 Å². The molecule has 0 fully saturated rings. The third kappa shape index (κ3) is 3.34. The minimum Gasteiger partial charge on any atom is -0.324 e. The van der Waals surface area contributed by atoms with Crippen LogP contribution >= 0.6 is 0 Å². The van der Waals surface area contributed by atoms with Crippen molar-refractivity contribution in [3.05, 3.63) is 70.3 Å². The van der Waals surface area contributed by atoms with E-state index >= 15 is 0 Å². The van der Waals surface area contributed by atoms with Gasteiger partial charge in [-0.25, -0.2) is 0 Å². The van der Waals surface area contributed by atoms with E-state index in [9.17, 15) is 0 Å². The summed E-state index contributed by atoms with van der Waals surface area (Å²) in [5, 5.41) is 0. The average molecular weight is 280 g/mol. The van der Waals surface area contributed by atoms with Gasteiger partial charge >= 0.3 is 0 Å². The normalized spacial score (nSPS) is 16.0. The van der Waals surface area contributed by atoms with Gasteiger partial charge in [-0.15, -0.1) is 0 Å². The molecule has 0 bridgehead atoms. The maximum atomic E-state index is 6.39. The van der Waals surface area contributed by atoms with E-state index in [0.717, 1.165) is 26.1 Å². The molecule has 0 saturated carbocycles. The molecule has 0 aliphatic carbocycles. The quantitative estimate of drug-likeness (QED) is 0.925. The maximum absolute atomic E-state index is 6.39. The zero-order valence-electron chi connectivity index (χ0n) is 13.0. The Hall–Kier alpha value is -1.64. The van der Waals surface area contributed by atoms with Crippen molar-refractivity contribution in [1.82, 2.24) is 4.90 Å². The van der Waals surface area contributed by atoms with E-state index in [2.05, 4.69) is 61.2 Å². The summed E-state index contributed by atoms with van der Waals surface area (Å²) in [5.41, 5.74) is 13.2. The SMILES string of the molecule is Cc1cc(C)cc(C(N)CCN2Cc3ccccc3C2)c1. The second-order valence-electron chi connectivity index (χ2n) is 6.30. The zero-order valence-corrected chi connectivity index (χ0v) is 13.0. The lowest BCUT2D eigenvalue weighted by Gasteiger charge is -2.19. The predicted octanol–water partition coefficient (Wildman–Crippen LogP) is 3.71. The first kappa shape index (κ1) is 14.3. The first-order chi connectivity index (χ1) is 10.1. The molecule has 1 unspecified atom stereocenters. The number of rotatable bonds is 4. The Labute approximate surface area is 127 Å². The molecule has 2 N–H and O–H groups in total. The van der Waals surface area contributed by atoms with E-state index in [1.165, 1.54) is 27.8 Å². The van der Waals surface area contributed by atoms with E-state index in [1.54, 1.807) is 0 Å². The van der Waals surface area contributed by atoms with Crippen molar-refractivity contribution in [3.8, 4) is 0 Å². The highest BCUT2D eigenvalue weighted by molar-refractivity contribution is 5.31. The molecule has 0 radical (unpaired) electrons. The molecular weight excluding hydrogens is 256 g/mol. The van der Waals surface area contributed by atoms with E-state index < -0.39 is 0 Å². The van der Waals surface area contributed by atoms with E-state index in [4.69, 9.17) is 5.73 Å². The van der Waals surface area contributed by atoms with Crippen LogP contribution in [-0.2, 0) is 13.1 Å². The van der Waals surface area contributed by atoms with E-state index in [-0.39, 0.29) is 6.04 Å². The lowest BCUT2D eigenvalue weighted by atomic mass is 10.00. The molecular formula is C19H24N2. The van der Waals surface area contributed by atoms with Crippen LogP contribution in [0.2, 0.25) is 0 Å². The van der Waals surface area contributed by atoms with Crippen LogP contribution in [0.25, 0.3) is 0 Å². The minimum absolute atomic E-state index is 0.132. The summed E-state index contributed by atoms with van der Waals surface area (Å²) < 4.78 is 0. The van der Waals surface area contributed by atoms with Gasteiger partial charge in [-0.05, 0) is 37.0 Å². The number of nitrogens with two attached hydrogens (primary N) is 1. The molecule has 1 aliphatic heterocycles. The van der Waals surface area contributed by atoms with Gasteiger partial charge < -0.3 is 5.73 Å². The number of nitrogens with zero attached hydrogens (tertiary/aromatic N) is 1. The highest BCUT2D eigenvalue weighted by Gasteiger charge is 2.18. The number of fused-ring (bicyclic) bond motifs is 1. The average Bonchev–Trinajstić information content (AvgIpc) is 2.86. The molecule has 1 atom stereocenters. The molecule has 2 aromatic carbocycles. The van der Waals surface area contributed by atoms with Crippen molar-refractivity contribution >= 4 is 0 Å². The molecule has 0 spiro atoms. The van der Waals surface area contributed by atoms with Gasteiger partial charge in [0.15, 0.2) is 0 Å². The standard InChI is InChI=1S/C19H24N2/c1-14-9-15(2)11-18(10-14)19(20)7-8-21-12-16-5-3-4-6-17(16)13-21/h3-6,9-11,19H,7-8,12-13,20H2,1-2H3. The lowest BCUT2D eigenvalue weighted by Crippen LogP contribution is -2.22. The monoisotopic (exact) mass is 280 g/mol. The van der Waals surface area contributed by atoms with Crippen LogP contribution < -0.4 is 5.73 Å². The van der Waals surface area contributed by atoms with Gasteiger partial charge in [-0.2, -0.15) is 0 Å². The Kier molecular flexibility index (Phi) is 4.09. The molecule has 0 aromatic heterocycles. The molecule has 0 amide bonds. The second kappa shape index (κ2) is 6.00. The van der Waals surface area contributed by atoms with Crippen LogP contribution in [0.5, 0.6) is 0 Å². The highest BCUT2D eigenvalue weighted by atomic mass is 15.1. The zero-order chi connectivity index (χ0) is 14.8. The van der Waals surface area contributed by atoms with Crippen molar-refractivity contribution in [2.24, 2.45) is 5.73 Å². The minimum atomic E-state index is 0.132. The van der Waals surface area contributed by atoms with Crippen LogP contribution in [0.15, 0.2) is 42.5 Å². The Morgan fingerprint density at radius 1 is 1.00 bits per heavy atom. The fraction of sp³-hybridized carbons (Fsp3) is 0.368. The van der Waals surface area contributed by atoms with Crippen LogP contribution in [-0.4, -0.2) is 11.4 Å². The van der Waals surface area contributed by atoms with Crippen molar-refractivity contribution in [2.45, 2.75) is 39.4 Å². The smallest absolute Gasteiger partial charge is 0.0307 e. The molecule has 21 heavy (non-hydrogen) atoms. The van der Waals surface area contributed by atoms with Gasteiger partial charge in [-0.1, -0.05) is 53.6 Å². The van der Waals surface area contributed by atoms with Gasteiger partial charge in [-0.3, -0.25) is 4.90 Å². The fourth-order valence-corrected chi connectivity index (χ4v) is 3.27. The van der Waals surface area contributed by atoms with E-state index in [1.807, 2.05) is 0 Å². The Morgan fingerprint density at radius 2 is 1.57 bits per heavy atom. The van der Waals surface area contributed by atoms with E-state index in [0.29, 0.717) is 0 Å². The van der Waals surface area contributed by atoms with Crippen LogP contribution in [0.3, 0.4) is 0 Å². The Bertz CT molecular complexity index is 588. The van der Waals surface area contributed by atoms with Gasteiger partial charge in [0.25, 0.3) is 0 Å². The fourth-order valence-electron chi connectivity index (χ4n) is 3.27. The molecule has 3 rings (SSSR count). The third-order valence-corrected chi connectivity index (χ3v) is 4.33. The summed E-state index contributed by atoms with van der Waals surface area (Å²) in [5.74, 6) is 0. The molecule has 1 heterocycles. The summed E-state index contributed by atoms with van der Waals surface area (Å²) in [6, 6.07) is 15.5. The van der Waals surface area contributed by atoms with Crippen LogP contribution in [0.1, 0.15) is 40.3 Å². The molecule has 2 heteroatoms. The molecule has 1 aliphatic rings. The van der Waals surface area contributed by atoms with Crippen molar-refractivity contribution < 1.29 is 0 Å². The van der Waals surface area contributed by atoms with Gasteiger partial charge in [0, 0.05) is 25.7 Å². The van der Waals surface area contributed by atoms with Crippen LogP contribution in [0, 0.1) is 13.8 Å². The van der Waals surface area contributed by atoms with Gasteiger partial charge in [0.1, 0.15) is 0 Å². The third-order valence-electron chi connectivity index (χ3n) is 4.33. The summed E-state index contributed by atoms with van der Waals surface area (Å²) in [7, 11) is 0. The summed E-state index contributed by atoms with van der Waals surface area (Å²) in [6.45, 7) is 7.47. The molecule has 2 nitrogen and oxygen atoms in total. The van der Waals surface area contributed by atoms with Crippen molar-refractivity contribution in [2.75, 3.05) is 6.54 Å². The largest absolute Gasteiger partial charge is 0.324 e. The molecule has 110 valence electrons. The van der Waals surface area contributed by atoms with Crippen molar-refractivity contribution in [1.29, 1.82) is 0 Å². The Morgan fingerprint density at radius 3 is 2.14 bits per heavy atom. The predicted molar refractivity (Wildman–Crippen MR) is 88.0 cm³/mol.